The highest BCUT2D eigenvalue weighted by atomic mass is 32.2. The maximum Gasteiger partial charge on any atom is 0.272 e. The predicted octanol–water partition coefficient (Wildman–Crippen LogP) is 2.01. The number of piperidine rings is 1. The molecular weight excluding hydrogens is 430 g/mol. The Morgan fingerprint density at radius 2 is 1.72 bits per heavy atom. The molecule has 0 aliphatic carbocycles. The fourth-order valence-electron chi connectivity index (χ4n) is 3.99. The van der Waals surface area contributed by atoms with Gasteiger partial charge in [0.1, 0.15) is 10.6 Å². The minimum atomic E-state index is -3.64. The van der Waals surface area contributed by atoms with Gasteiger partial charge in [0.25, 0.3) is 5.91 Å². The number of carbonyl (C=O) groups is 2. The Morgan fingerprint density at radius 1 is 1.12 bits per heavy atom. The first-order chi connectivity index (χ1) is 15.2. The summed E-state index contributed by atoms with van der Waals surface area (Å²) in [7, 11) is -1.99. The zero-order valence-electron chi connectivity index (χ0n) is 18.7. The highest BCUT2D eigenvalue weighted by Crippen LogP contribution is 2.25. The van der Waals surface area contributed by atoms with Gasteiger partial charge in [0.05, 0.1) is 0 Å². The third-order valence-corrected chi connectivity index (χ3v) is 7.96. The molecule has 0 unspecified atom stereocenters. The minimum absolute atomic E-state index is 0.0643. The van der Waals surface area contributed by atoms with Crippen molar-refractivity contribution in [3.05, 3.63) is 42.2 Å². The van der Waals surface area contributed by atoms with E-state index in [-0.39, 0.29) is 28.3 Å². The van der Waals surface area contributed by atoms with Gasteiger partial charge >= 0.3 is 0 Å². The Labute approximate surface area is 189 Å². The van der Waals surface area contributed by atoms with Crippen molar-refractivity contribution >= 4 is 33.2 Å². The lowest BCUT2D eigenvalue weighted by Crippen LogP contribution is -2.38. The van der Waals surface area contributed by atoms with Crippen LogP contribution in [0.1, 0.15) is 37.2 Å². The predicted molar refractivity (Wildman–Crippen MR) is 124 cm³/mol. The van der Waals surface area contributed by atoms with Gasteiger partial charge in [0.2, 0.25) is 15.9 Å². The number of aryl methyl sites for hydroxylation is 1. The molecule has 0 bridgehead atoms. The zero-order chi connectivity index (χ0) is 23.5. The number of sulfonamides is 1. The molecule has 10 heteroatoms. The van der Waals surface area contributed by atoms with Gasteiger partial charge in [-0.1, -0.05) is 13.8 Å². The standard InChI is InChI=1S/C22H31N5O4S/c1-4-27(5-2)32(30,31)19-14-20(25(3)15-19)22(29)24-17-6-8-18(9-7-17)26-12-10-16(11-13-26)21(23)28/h6-9,14-16H,4-5,10-13H2,1-3H3,(H2,23,28)(H,24,29). The molecule has 0 spiro atoms. The zero-order valence-corrected chi connectivity index (χ0v) is 19.6. The van der Waals surface area contributed by atoms with E-state index in [0.717, 1.165) is 31.6 Å². The normalized spacial score (nSPS) is 15.2. The van der Waals surface area contributed by atoms with Crippen LogP contribution in [0.5, 0.6) is 0 Å². The molecular formula is C22H31N5O4S. The summed E-state index contributed by atoms with van der Waals surface area (Å²) in [6, 6.07) is 8.86. The number of primary amides is 1. The van der Waals surface area contributed by atoms with Crippen molar-refractivity contribution in [2.45, 2.75) is 31.6 Å². The van der Waals surface area contributed by atoms with Crippen LogP contribution in [-0.2, 0) is 21.9 Å². The molecule has 2 aromatic rings. The van der Waals surface area contributed by atoms with Crippen LogP contribution < -0.4 is 16.0 Å². The lowest BCUT2D eigenvalue weighted by molar-refractivity contribution is -0.122. The van der Waals surface area contributed by atoms with Gasteiger partial charge in [-0.3, -0.25) is 9.59 Å². The van der Waals surface area contributed by atoms with Crippen molar-refractivity contribution in [2.75, 3.05) is 36.4 Å². The smallest absolute Gasteiger partial charge is 0.272 e. The molecule has 1 aliphatic rings. The van der Waals surface area contributed by atoms with E-state index in [1.807, 2.05) is 24.3 Å². The summed E-state index contributed by atoms with van der Waals surface area (Å²) in [5.41, 5.74) is 7.28. The second-order valence-corrected chi connectivity index (χ2v) is 9.86. The Hall–Kier alpha value is -2.85. The monoisotopic (exact) mass is 461 g/mol. The molecule has 3 N–H and O–H groups in total. The summed E-state index contributed by atoms with van der Waals surface area (Å²) in [5.74, 6) is -0.689. The van der Waals surface area contributed by atoms with Crippen LogP contribution in [0.25, 0.3) is 0 Å². The topological polar surface area (TPSA) is 118 Å². The molecule has 2 heterocycles. The number of carbonyl (C=O) groups excluding carboxylic acids is 2. The van der Waals surface area contributed by atoms with Gasteiger partial charge < -0.3 is 20.5 Å². The van der Waals surface area contributed by atoms with Gasteiger partial charge in [0, 0.05) is 56.7 Å². The van der Waals surface area contributed by atoms with E-state index < -0.39 is 10.0 Å². The maximum absolute atomic E-state index is 12.8. The van der Waals surface area contributed by atoms with E-state index in [1.165, 1.54) is 21.1 Å². The average Bonchev–Trinajstić information content (AvgIpc) is 3.18. The quantitative estimate of drug-likeness (QED) is 0.624. The summed E-state index contributed by atoms with van der Waals surface area (Å²) < 4.78 is 28.3. The highest BCUT2D eigenvalue weighted by molar-refractivity contribution is 7.89. The summed E-state index contributed by atoms with van der Waals surface area (Å²) >= 11 is 0. The Morgan fingerprint density at radius 3 is 2.25 bits per heavy atom. The van der Waals surface area contributed by atoms with Crippen molar-refractivity contribution in [3.63, 3.8) is 0 Å². The number of anilines is 2. The van der Waals surface area contributed by atoms with E-state index in [4.69, 9.17) is 5.73 Å². The molecule has 1 fully saturated rings. The highest BCUT2D eigenvalue weighted by Gasteiger charge is 2.26. The van der Waals surface area contributed by atoms with Gasteiger partial charge in [-0.25, -0.2) is 8.42 Å². The van der Waals surface area contributed by atoms with Gasteiger partial charge in [-0.2, -0.15) is 4.31 Å². The largest absolute Gasteiger partial charge is 0.371 e. The van der Waals surface area contributed by atoms with Crippen LogP contribution in [0.3, 0.4) is 0 Å². The third-order valence-electron chi connectivity index (χ3n) is 5.94. The molecule has 1 aromatic carbocycles. The molecule has 1 aliphatic heterocycles. The first-order valence-corrected chi connectivity index (χ1v) is 12.2. The first-order valence-electron chi connectivity index (χ1n) is 10.8. The lowest BCUT2D eigenvalue weighted by atomic mass is 9.96. The fourth-order valence-corrected chi connectivity index (χ4v) is 5.52. The number of aromatic nitrogens is 1. The number of benzene rings is 1. The molecule has 0 saturated carbocycles. The number of hydrogen-bond acceptors (Lipinski definition) is 5. The van der Waals surface area contributed by atoms with Crippen LogP contribution in [0, 0.1) is 5.92 Å². The van der Waals surface area contributed by atoms with E-state index in [9.17, 15) is 18.0 Å². The molecule has 174 valence electrons. The minimum Gasteiger partial charge on any atom is -0.371 e. The fraction of sp³-hybridized carbons (Fsp3) is 0.455. The molecule has 1 saturated heterocycles. The van der Waals surface area contributed by atoms with Crippen LogP contribution in [-0.4, -0.2) is 55.3 Å². The Bertz CT molecular complexity index is 1070. The van der Waals surface area contributed by atoms with Crippen molar-refractivity contribution in [3.8, 4) is 0 Å². The molecule has 32 heavy (non-hydrogen) atoms. The van der Waals surface area contributed by atoms with Crippen molar-refractivity contribution in [1.29, 1.82) is 0 Å². The average molecular weight is 462 g/mol. The Kier molecular flexibility index (Phi) is 7.25. The third kappa shape index (κ3) is 4.97. The number of nitrogens with two attached hydrogens (primary N) is 1. The van der Waals surface area contributed by atoms with Crippen molar-refractivity contribution in [1.82, 2.24) is 8.87 Å². The van der Waals surface area contributed by atoms with Crippen LogP contribution >= 0.6 is 0 Å². The van der Waals surface area contributed by atoms with Gasteiger partial charge in [-0.15, -0.1) is 0 Å². The molecule has 1 aromatic heterocycles. The number of nitrogens with zero attached hydrogens (tertiary/aromatic N) is 3. The van der Waals surface area contributed by atoms with Gasteiger partial charge in [0.15, 0.2) is 0 Å². The van der Waals surface area contributed by atoms with E-state index in [0.29, 0.717) is 18.8 Å². The summed E-state index contributed by atoms with van der Waals surface area (Å²) in [6.45, 7) is 5.80. The number of rotatable bonds is 8. The molecule has 0 atom stereocenters. The summed E-state index contributed by atoms with van der Waals surface area (Å²) in [4.78, 5) is 26.4. The Balaban J connectivity index is 1.68. The second-order valence-electron chi connectivity index (χ2n) is 7.93. The molecule has 2 amide bonds. The number of hydrogen-bond donors (Lipinski definition) is 2. The van der Waals surface area contributed by atoms with Crippen molar-refractivity contribution < 1.29 is 18.0 Å². The van der Waals surface area contributed by atoms with E-state index in [2.05, 4.69) is 10.2 Å². The molecule has 3 rings (SSSR count). The second kappa shape index (κ2) is 9.74. The number of amides is 2. The van der Waals surface area contributed by atoms with Crippen molar-refractivity contribution in [2.24, 2.45) is 18.7 Å². The van der Waals surface area contributed by atoms with E-state index >= 15 is 0 Å². The van der Waals surface area contributed by atoms with Crippen LogP contribution in [0.15, 0.2) is 41.4 Å². The maximum atomic E-state index is 12.8. The van der Waals surface area contributed by atoms with Crippen LogP contribution in [0.4, 0.5) is 11.4 Å². The molecule has 0 radical (unpaired) electrons. The summed E-state index contributed by atoms with van der Waals surface area (Å²) in [6.07, 6.45) is 2.93. The molecule has 9 nitrogen and oxygen atoms in total. The number of nitrogens with one attached hydrogen (secondary N) is 1. The lowest BCUT2D eigenvalue weighted by Gasteiger charge is -2.32. The SMILES string of the molecule is CCN(CC)S(=O)(=O)c1cc(C(=O)Nc2ccc(N3CCC(C(N)=O)CC3)cc2)n(C)c1. The van der Waals surface area contributed by atoms with E-state index in [1.54, 1.807) is 20.9 Å². The first kappa shape index (κ1) is 23.8. The van der Waals surface area contributed by atoms with Gasteiger partial charge in [-0.05, 0) is 43.2 Å². The van der Waals surface area contributed by atoms with Crippen LogP contribution in [0.2, 0.25) is 0 Å². The summed E-state index contributed by atoms with van der Waals surface area (Å²) in [5, 5.41) is 2.83.